The second kappa shape index (κ2) is 9.59. The Hall–Kier alpha value is -3.44. The van der Waals surface area contributed by atoms with E-state index in [1.54, 1.807) is 19.1 Å². The molecule has 0 spiro atoms. The summed E-state index contributed by atoms with van der Waals surface area (Å²) in [6.07, 6.45) is -0.958. The van der Waals surface area contributed by atoms with Crippen molar-refractivity contribution < 1.29 is 31.7 Å². The summed E-state index contributed by atoms with van der Waals surface area (Å²) in [4.78, 5) is 27.7. The van der Waals surface area contributed by atoms with Crippen LogP contribution in [0, 0.1) is 12.7 Å². The molecule has 0 aliphatic rings. The molecule has 11 heteroatoms. The monoisotopic (exact) mass is 475 g/mol. The van der Waals surface area contributed by atoms with Crippen LogP contribution in [0.15, 0.2) is 51.9 Å². The normalized spacial score (nSPS) is 12.5. The topological polar surface area (TPSA) is 120 Å². The summed E-state index contributed by atoms with van der Waals surface area (Å²) < 4.78 is 50.3. The van der Waals surface area contributed by atoms with Gasteiger partial charge in [0.25, 0.3) is 5.89 Å². The van der Waals surface area contributed by atoms with Crippen molar-refractivity contribution in [3.63, 3.8) is 0 Å². The lowest BCUT2D eigenvalue weighted by Crippen LogP contribution is -2.33. The summed E-state index contributed by atoms with van der Waals surface area (Å²) >= 11 is 0. The second-order valence-electron chi connectivity index (χ2n) is 7.39. The van der Waals surface area contributed by atoms with E-state index in [0.29, 0.717) is 16.7 Å². The molecule has 2 aromatic carbocycles. The second-order valence-corrected chi connectivity index (χ2v) is 9.44. The van der Waals surface area contributed by atoms with Crippen LogP contribution in [-0.4, -0.2) is 48.2 Å². The van der Waals surface area contributed by atoms with Gasteiger partial charge in [-0.25, -0.2) is 12.8 Å². The van der Waals surface area contributed by atoms with E-state index in [9.17, 15) is 22.4 Å². The quantitative estimate of drug-likeness (QED) is 0.360. The number of carbonyl (C=O) groups excluding carboxylic acids is 2. The molecular formula is C22H22FN3O6S. The lowest BCUT2D eigenvalue weighted by molar-refractivity contribution is -0.149. The highest BCUT2D eigenvalue weighted by Gasteiger charge is 2.26. The van der Waals surface area contributed by atoms with Gasteiger partial charge in [-0.05, 0) is 44.5 Å². The molecule has 174 valence electrons. The molecule has 1 aromatic heterocycles. The van der Waals surface area contributed by atoms with Gasteiger partial charge in [-0.2, -0.15) is 9.29 Å². The number of ether oxygens (including phenoxy) is 1. The van der Waals surface area contributed by atoms with Crippen LogP contribution in [0.2, 0.25) is 0 Å². The molecular weight excluding hydrogens is 453 g/mol. The van der Waals surface area contributed by atoms with E-state index < -0.39 is 34.5 Å². The van der Waals surface area contributed by atoms with Crippen molar-refractivity contribution in [2.75, 3.05) is 13.6 Å². The molecule has 0 radical (unpaired) electrons. The summed E-state index contributed by atoms with van der Waals surface area (Å²) in [7, 11) is -2.75. The lowest BCUT2D eigenvalue weighted by atomic mass is 10.1. The Labute approximate surface area is 190 Å². The van der Waals surface area contributed by atoms with E-state index in [-0.39, 0.29) is 22.4 Å². The van der Waals surface area contributed by atoms with Crippen LogP contribution in [0.3, 0.4) is 0 Å². The zero-order chi connectivity index (χ0) is 24.3. The molecule has 33 heavy (non-hydrogen) atoms. The Kier molecular flexibility index (Phi) is 7.04. The number of carbonyl (C=O) groups is 2. The van der Waals surface area contributed by atoms with Gasteiger partial charge in [-0.15, -0.1) is 0 Å². The van der Waals surface area contributed by atoms with Gasteiger partial charge in [-0.3, -0.25) is 9.59 Å². The molecule has 0 amide bonds. The number of likely N-dealkylation sites (N-methyl/N-ethyl adjacent to an activating group) is 1. The molecule has 0 bridgehead atoms. The number of hydrogen-bond acceptors (Lipinski definition) is 8. The number of hydrogen-bond donors (Lipinski definition) is 0. The van der Waals surface area contributed by atoms with Crippen molar-refractivity contribution in [3.05, 3.63) is 65.3 Å². The maximum absolute atomic E-state index is 13.8. The molecule has 3 aromatic rings. The number of Topliss-reactive ketones (excluding diaryl/α,β-unsaturated/α-hetero) is 1. The van der Waals surface area contributed by atoms with Crippen LogP contribution in [0.5, 0.6) is 0 Å². The number of ketones is 1. The van der Waals surface area contributed by atoms with E-state index in [4.69, 9.17) is 9.26 Å². The third-order valence-electron chi connectivity index (χ3n) is 4.85. The fraction of sp³-hybridized carbons (Fsp3) is 0.273. The zero-order valence-electron chi connectivity index (χ0n) is 18.4. The highest BCUT2D eigenvalue weighted by molar-refractivity contribution is 7.89. The minimum Gasteiger partial charge on any atom is -0.452 e. The first kappa shape index (κ1) is 24.2. The lowest BCUT2D eigenvalue weighted by Gasteiger charge is -2.17. The van der Waals surface area contributed by atoms with Gasteiger partial charge in [0, 0.05) is 18.2 Å². The van der Waals surface area contributed by atoms with Crippen LogP contribution >= 0.6 is 0 Å². The number of aryl methyl sites for hydroxylation is 1. The molecule has 0 aliphatic carbocycles. The molecule has 0 saturated carbocycles. The number of rotatable bonds is 8. The first-order valence-electron chi connectivity index (χ1n) is 9.86. The average molecular weight is 475 g/mol. The number of benzene rings is 2. The number of esters is 1. The van der Waals surface area contributed by atoms with Crippen LogP contribution in [0.25, 0.3) is 11.4 Å². The highest BCUT2D eigenvalue weighted by Crippen LogP contribution is 2.23. The molecule has 0 fully saturated rings. The van der Waals surface area contributed by atoms with Gasteiger partial charge in [0.2, 0.25) is 15.8 Å². The van der Waals surface area contributed by atoms with Crippen LogP contribution in [0.1, 0.15) is 41.8 Å². The van der Waals surface area contributed by atoms with E-state index in [2.05, 4.69) is 10.1 Å². The van der Waals surface area contributed by atoms with Gasteiger partial charge in [0.1, 0.15) is 12.4 Å². The van der Waals surface area contributed by atoms with Crippen LogP contribution < -0.4 is 0 Å². The van der Waals surface area contributed by atoms with E-state index in [1.807, 2.05) is 0 Å². The van der Waals surface area contributed by atoms with Crippen molar-refractivity contribution in [2.24, 2.45) is 0 Å². The van der Waals surface area contributed by atoms with Crippen molar-refractivity contribution in [3.8, 4) is 11.4 Å². The average Bonchev–Trinajstić information content (AvgIpc) is 3.26. The van der Waals surface area contributed by atoms with Crippen molar-refractivity contribution in [2.45, 2.75) is 31.8 Å². The van der Waals surface area contributed by atoms with E-state index in [1.165, 1.54) is 51.2 Å². The molecule has 1 unspecified atom stereocenters. The Balaban J connectivity index is 1.64. The third kappa shape index (κ3) is 5.49. The minimum atomic E-state index is -3.98. The van der Waals surface area contributed by atoms with Crippen LogP contribution in [0.4, 0.5) is 4.39 Å². The standard InChI is InChI=1S/C22H22FN3O6S/c1-13-5-6-17(11-19(13)23)21-24-22(32-25-21)15(3)31-20(28)12-26(4)33(29,30)18-9-7-16(8-10-18)14(2)27/h5-11,15H,12H2,1-4H3. The summed E-state index contributed by atoms with van der Waals surface area (Å²) in [6, 6.07) is 9.87. The van der Waals surface area contributed by atoms with Gasteiger partial charge in [-0.1, -0.05) is 29.4 Å². The number of sulfonamides is 1. The first-order chi connectivity index (χ1) is 15.5. The molecule has 1 heterocycles. The van der Waals surface area contributed by atoms with E-state index in [0.717, 1.165) is 4.31 Å². The molecule has 0 aliphatic heterocycles. The summed E-state index contributed by atoms with van der Waals surface area (Å²) in [5.41, 5.74) is 1.24. The largest absolute Gasteiger partial charge is 0.452 e. The fourth-order valence-corrected chi connectivity index (χ4v) is 3.96. The van der Waals surface area contributed by atoms with Crippen molar-refractivity contribution >= 4 is 21.8 Å². The molecule has 3 rings (SSSR count). The van der Waals surface area contributed by atoms with Gasteiger partial charge in [0.15, 0.2) is 11.9 Å². The van der Waals surface area contributed by atoms with Crippen LogP contribution in [-0.2, 0) is 19.6 Å². The fourth-order valence-electron chi connectivity index (χ4n) is 2.84. The van der Waals surface area contributed by atoms with Crippen molar-refractivity contribution in [1.29, 1.82) is 0 Å². The molecule has 0 N–H and O–H groups in total. The molecule has 9 nitrogen and oxygen atoms in total. The Bertz CT molecular complexity index is 1290. The van der Waals surface area contributed by atoms with Gasteiger partial charge < -0.3 is 9.26 Å². The van der Waals surface area contributed by atoms with Crippen molar-refractivity contribution in [1.82, 2.24) is 14.4 Å². The highest BCUT2D eigenvalue weighted by atomic mass is 32.2. The first-order valence-corrected chi connectivity index (χ1v) is 11.3. The Morgan fingerprint density at radius 2 is 1.85 bits per heavy atom. The maximum Gasteiger partial charge on any atom is 0.322 e. The summed E-state index contributed by atoms with van der Waals surface area (Å²) in [5.74, 6) is -1.35. The van der Waals surface area contributed by atoms with E-state index >= 15 is 0 Å². The van der Waals surface area contributed by atoms with Gasteiger partial charge >= 0.3 is 5.97 Å². The number of aromatic nitrogens is 2. The summed E-state index contributed by atoms with van der Waals surface area (Å²) in [5, 5.41) is 3.77. The predicted molar refractivity (Wildman–Crippen MR) is 115 cm³/mol. The summed E-state index contributed by atoms with van der Waals surface area (Å²) in [6.45, 7) is 3.92. The molecule has 0 saturated heterocycles. The van der Waals surface area contributed by atoms with Gasteiger partial charge in [0.05, 0.1) is 4.90 Å². The minimum absolute atomic E-state index is 0.0235. The predicted octanol–water partition coefficient (Wildman–Crippen LogP) is 3.31. The number of halogens is 1. The Morgan fingerprint density at radius 3 is 2.45 bits per heavy atom. The third-order valence-corrected chi connectivity index (χ3v) is 6.67. The SMILES string of the molecule is CC(=O)c1ccc(S(=O)(=O)N(C)CC(=O)OC(C)c2nc(-c3ccc(C)c(F)c3)no2)cc1. The Morgan fingerprint density at radius 1 is 1.18 bits per heavy atom. The smallest absolute Gasteiger partial charge is 0.322 e. The zero-order valence-corrected chi connectivity index (χ0v) is 19.2. The number of nitrogens with zero attached hydrogens (tertiary/aromatic N) is 3. The molecule has 1 atom stereocenters. The maximum atomic E-state index is 13.8.